The summed E-state index contributed by atoms with van der Waals surface area (Å²) >= 11 is 1.16. The average Bonchev–Trinajstić information content (AvgIpc) is 3.51. The molecule has 0 unspecified atom stereocenters. The number of thiazole rings is 1. The van der Waals surface area contributed by atoms with Crippen LogP contribution in [0, 0.1) is 23.2 Å². The van der Waals surface area contributed by atoms with Crippen LogP contribution in [0.5, 0.6) is 0 Å². The number of aromatic nitrogens is 1. The summed E-state index contributed by atoms with van der Waals surface area (Å²) in [5.74, 6) is -2.26. The Labute approximate surface area is 234 Å². The lowest BCUT2D eigenvalue weighted by molar-refractivity contribution is -0.131. The van der Waals surface area contributed by atoms with Crippen LogP contribution in [-0.4, -0.2) is 65.9 Å². The molecule has 0 aromatic carbocycles. The Morgan fingerprint density at radius 1 is 1.08 bits per heavy atom. The van der Waals surface area contributed by atoms with Gasteiger partial charge < -0.3 is 26.0 Å². The van der Waals surface area contributed by atoms with Crippen LogP contribution in [0.3, 0.4) is 0 Å². The number of hydrogen-bond acceptors (Lipinski definition) is 8. The number of carbonyl (C=O) groups is 5. The fourth-order valence-electron chi connectivity index (χ4n) is 4.10. The Balaban J connectivity index is 2.17. The first-order valence-corrected chi connectivity index (χ1v) is 14.3. The van der Waals surface area contributed by atoms with Gasteiger partial charge in [-0.25, -0.2) is 9.78 Å². The predicted molar refractivity (Wildman–Crippen MR) is 148 cm³/mol. The van der Waals surface area contributed by atoms with Crippen molar-refractivity contribution in [2.24, 2.45) is 23.2 Å². The zero-order valence-electron chi connectivity index (χ0n) is 24.0. The third-order valence-corrected chi connectivity index (χ3v) is 6.95. The first kappa shape index (κ1) is 32.2. The van der Waals surface area contributed by atoms with Gasteiger partial charge in [0, 0.05) is 24.0 Å². The van der Waals surface area contributed by atoms with Gasteiger partial charge in [0.1, 0.15) is 12.1 Å². The normalized spacial score (nSPS) is 17.8. The zero-order valence-corrected chi connectivity index (χ0v) is 24.8. The van der Waals surface area contributed by atoms with Gasteiger partial charge in [0.25, 0.3) is 0 Å². The van der Waals surface area contributed by atoms with Crippen molar-refractivity contribution in [3.05, 3.63) is 16.6 Å². The SMILES string of the molecule is CC(C)C[C@H](NC(=O)[C@@H](NC(=O)OCC(C)(C)C)C(C)C)C(=O)N[C@@H](C[C@@H]1CCNC1=O)C(=O)c1nccs1. The molecule has 0 aliphatic carbocycles. The Morgan fingerprint density at radius 2 is 1.74 bits per heavy atom. The van der Waals surface area contributed by atoms with Crippen LogP contribution in [-0.2, 0) is 19.1 Å². The number of ketones is 1. The molecule has 0 radical (unpaired) electrons. The van der Waals surface area contributed by atoms with E-state index in [1.165, 1.54) is 6.20 Å². The highest BCUT2D eigenvalue weighted by atomic mass is 32.1. The molecule has 1 saturated heterocycles. The van der Waals surface area contributed by atoms with Crippen molar-refractivity contribution < 1.29 is 28.7 Å². The summed E-state index contributed by atoms with van der Waals surface area (Å²) in [4.78, 5) is 68.6. The summed E-state index contributed by atoms with van der Waals surface area (Å²) in [6.45, 7) is 13.9. The van der Waals surface area contributed by atoms with Crippen molar-refractivity contribution in [1.82, 2.24) is 26.3 Å². The van der Waals surface area contributed by atoms with Crippen LogP contribution in [0.25, 0.3) is 0 Å². The van der Waals surface area contributed by atoms with Gasteiger partial charge in [-0.05, 0) is 36.5 Å². The van der Waals surface area contributed by atoms with E-state index in [0.717, 1.165) is 11.3 Å². The molecular weight excluding hydrogens is 522 g/mol. The van der Waals surface area contributed by atoms with E-state index in [-0.39, 0.29) is 47.0 Å². The largest absolute Gasteiger partial charge is 0.449 e. The second-order valence-electron chi connectivity index (χ2n) is 12.0. The molecule has 2 heterocycles. The summed E-state index contributed by atoms with van der Waals surface area (Å²) < 4.78 is 5.26. The van der Waals surface area contributed by atoms with Crippen molar-refractivity contribution in [2.75, 3.05) is 13.2 Å². The number of rotatable bonds is 13. The Morgan fingerprint density at radius 3 is 2.26 bits per heavy atom. The number of nitrogens with one attached hydrogen (secondary N) is 4. The minimum atomic E-state index is -0.976. The highest BCUT2D eigenvalue weighted by Crippen LogP contribution is 2.20. The maximum absolute atomic E-state index is 13.5. The maximum Gasteiger partial charge on any atom is 0.407 e. The zero-order chi connectivity index (χ0) is 29.3. The molecule has 2 rings (SSSR count). The third kappa shape index (κ3) is 10.6. The van der Waals surface area contributed by atoms with Gasteiger partial charge in [-0.15, -0.1) is 11.3 Å². The van der Waals surface area contributed by atoms with E-state index < -0.39 is 42.0 Å². The van der Waals surface area contributed by atoms with Crippen molar-refractivity contribution in [3.8, 4) is 0 Å². The molecule has 4 atom stereocenters. The van der Waals surface area contributed by atoms with Crippen molar-refractivity contribution in [3.63, 3.8) is 0 Å². The minimum Gasteiger partial charge on any atom is -0.449 e. The van der Waals surface area contributed by atoms with Crippen molar-refractivity contribution >= 4 is 40.9 Å². The van der Waals surface area contributed by atoms with Crippen LogP contribution in [0.1, 0.15) is 77.5 Å². The molecule has 0 saturated carbocycles. The summed E-state index contributed by atoms with van der Waals surface area (Å²) in [6, 6.07) is -2.87. The predicted octanol–water partition coefficient (Wildman–Crippen LogP) is 2.66. The van der Waals surface area contributed by atoms with E-state index >= 15 is 0 Å². The highest BCUT2D eigenvalue weighted by Gasteiger charge is 2.35. The number of ether oxygens (including phenoxy) is 1. The fourth-order valence-corrected chi connectivity index (χ4v) is 4.73. The molecule has 4 amide bonds. The van der Waals surface area contributed by atoms with E-state index in [1.54, 1.807) is 19.2 Å². The van der Waals surface area contributed by atoms with Gasteiger partial charge >= 0.3 is 6.09 Å². The second-order valence-corrected chi connectivity index (χ2v) is 12.9. The Hall–Kier alpha value is -3.02. The smallest absolute Gasteiger partial charge is 0.407 e. The molecule has 12 heteroatoms. The lowest BCUT2D eigenvalue weighted by atomic mass is 9.95. The fraction of sp³-hybridized carbons (Fsp3) is 0.704. The Bertz CT molecular complexity index is 1000. The molecule has 4 N–H and O–H groups in total. The van der Waals surface area contributed by atoms with Crippen LogP contribution < -0.4 is 21.3 Å². The Kier molecular flexibility index (Phi) is 11.9. The number of Topliss-reactive ketones (excluding diaryl/α,β-unsaturated/α-hetero) is 1. The standard InChI is InChI=1S/C27H43N5O6S/c1-15(2)12-19(31-24(36)20(16(3)4)32-26(37)38-14-27(5,6)7)23(35)30-18(13-17-8-9-28-22(17)34)21(33)25-29-10-11-39-25/h10-11,15-20H,8-9,12-14H2,1-7H3,(H,28,34)(H,30,35)(H,31,36)(H,32,37)/t17-,18-,19-,20-/m0/s1. The number of amides is 4. The van der Waals surface area contributed by atoms with E-state index in [4.69, 9.17) is 4.74 Å². The molecule has 218 valence electrons. The van der Waals surface area contributed by atoms with E-state index in [9.17, 15) is 24.0 Å². The maximum atomic E-state index is 13.5. The summed E-state index contributed by atoms with van der Waals surface area (Å²) in [7, 11) is 0. The van der Waals surface area contributed by atoms with Crippen molar-refractivity contribution in [2.45, 2.75) is 85.9 Å². The van der Waals surface area contributed by atoms with Gasteiger partial charge in [-0.3, -0.25) is 19.2 Å². The van der Waals surface area contributed by atoms with Gasteiger partial charge in [0.05, 0.1) is 12.6 Å². The molecule has 0 spiro atoms. The van der Waals surface area contributed by atoms with Crippen LogP contribution >= 0.6 is 11.3 Å². The van der Waals surface area contributed by atoms with Crippen LogP contribution in [0.2, 0.25) is 0 Å². The lowest BCUT2D eigenvalue weighted by Gasteiger charge is -2.28. The van der Waals surface area contributed by atoms with E-state index in [1.807, 2.05) is 34.6 Å². The van der Waals surface area contributed by atoms with Crippen molar-refractivity contribution in [1.29, 1.82) is 0 Å². The number of hydrogen-bond donors (Lipinski definition) is 4. The first-order chi connectivity index (χ1) is 18.2. The quantitative estimate of drug-likeness (QED) is 0.268. The van der Waals surface area contributed by atoms with Crippen LogP contribution in [0.4, 0.5) is 4.79 Å². The average molecular weight is 566 g/mol. The molecule has 1 aromatic rings. The second kappa shape index (κ2) is 14.4. The molecule has 11 nitrogen and oxygen atoms in total. The first-order valence-electron chi connectivity index (χ1n) is 13.4. The third-order valence-electron chi connectivity index (χ3n) is 6.16. The summed E-state index contributed by atoms with van der Waals surface area (Å²) in [5, 5.41) is 12.8. The summed E-state index contributed by atoms with van der Waals surface area (Å²) in [6.07, 6.45) is 1.79. The highest BCUT2D eigenvalue weighted by molar-refractivity contribution is 7.11. The number of carbonyl (C=O) groups excluding carboxylic acids is 5. The van der Waals surface area contributed by atoms with Gasteiger partial charge in [-0.1, -0.05) is 48.5 Å². The monoisotopic (exact) mass is 565 g/mol. The van der Waals surface area contributed by atoms with Gasteiger partial charge in [-0.2, -0.15) is 0 Å². The molecule has 1 aliphatic heterocycles. The molecule has 1 aromatic heterocycles. The molecule has 1 aliphatic rings. The minimum absolute atomic E-state index is 0.0389. The lowest BCUT2D eigenvalue weighted by Crippen LogP contribution is -2.57. The number of alkyl carbamates (subject to hydrolysis) is 1. The molecule has 1 fully saturated rings. The van der Waals surface area contributed by atoms with Gasteiger partial charge in [0.2, 0.25) is 23.5 Å². The topological polar surface area (TPSA) is 156 Å². The number of nitrogens with zero attached hydrogens (tertiary/aromatic N) is 1. The van der Waals surface area contributed by atoms with E-state index in [2.05, 4.69) is 26.3 Å². The van der Waals surface area contributed by atoms with Crippen LogP contribution in [0.15, 0.2) is 11.6 Å². The molecular formula is C27H43N5O6S. The van der Waals surface area contributed by atoms with E-state index in [0.29, 0.717) is 19.4 Å². The summed E-state index contributed by atoms with van der Waals surface area (Å²) in [5.41, 5.74) is -0.237. The van der Waals surface area contributed by atoms with Gasteiger partial charge in [0.15, 0.2) is 5.01 Å². The molecule has 0 bridgehead atoms. The molecule has 39 heavy (non-hydrogen) atoms.